The number of methoxy groups -OCH3 is 1. The molecule has 3 N–H and O–H groups in total. The van der Waals surface area contributed by atoms with Gasteiger partial charge in [0.2, 0.25) is 0 Å². The van der Waals surface area contributed by atoms with E-state index in [1.54, 1.807) is 6.92 Å². The minimum atomic E-state index is -1.13. The summed E-state index contributed by atoms with van der Waals surface area (Å²) in [6.07, 6.45) is -1.13. The van der Waals surface area contributed by atoms with Crippen molar-refractivity contribution in [2.75, 3.05) is 19.0 Å². The molecule has 0 spiro atoms. The minimum absolute atomic E-state index is 0.0708. The van der Waals surface area contributed by atoms with Crippen LogP contribution in [0.5, 0.6) is 11.5 Å². The summed E-state index contributed by atoms with van der Waals surface area (Å²) in [5, 5.41) is 35.7. The molecule has 3 rings (SSSR count). The van der Waals surface area contributed by atoms with Crippen LogP contribution >= 0.6 is 11.6 Å². The summed E-state index contributed by atoms with van der Waals surface area (Å²) in [6.45, 7) is 1.77. The Kier molecular flexibility index (Phi) is 5.14. The normalized spacial score (nSPS) is 24.0. The molecule has 0 bridgehead atoms. The molecule has 2 aromatic rings. The van der Waals surface area contributed by atoms with Gasteiger partial charge in [0.15, 0.2) is 5.60 Å². The molecular weight excluding hydrogens is 376 g/mol. The number of halogens is 1. The smallest absolute Gasteiger partial charge is 0.270 e. The van der Waals surface area contributed by atoms with Crippen LogP contribution in [0.15, 0.2) is 36.4 Å². The largest absolute Gasteiger partial charge is 0.506 e. The Balaban J connectivity index is 2.09. The third kappa shape index (κ3) is 3.64. The second-order valence-corrected chi connectivity index (χ2v) is 6.99. The van der Waals surface area contributed by atoms with E-state index in [1.165, 1.54) is 43.5 Å². The highest BCUT2D eigenvalue weighted by Gasteiger charge is 2.47. The van der Waals surface area contributed by atoms with Gasteiger partial charge < -0.3 is 25.0 Å². The Bertz CT molecular complexity index is 877. The second-order valence-electron chi connectivity index (χ2n) is 6.56. The van der Waals surface area contributed by atoms with Crippen molar-refractivity contribution in [3.8, 4) is 11.5 Å². The fraction of sp³-hybridized carbons (Fsp3) is 0.333. The third-order valence-electron chi connectivity index (χ3n) is 4.52. The number of nitrogens with one attached hydrogen (secondary N) is 1. The van der Waals surface area contributed by atoms with Gasteiger partial charge in [-0.1, -0.05) is 11.6 Å². The van der Waals surface area contributed by atoms with Crippen molar-refractivity contribution < 1.29 is 24.6 Å². The molecule has 144 valence electrons. The molecule has 0 unspecified atom stereocenters. The van der Waals surface area contributed by atoms with Gasteiger partial charge >= 0.3 is 0 Å². The van der Waals surface area contributed by atoms with E-state index >= 15 is 0 Å². The van der Waals surface area contributed by atoms with E-state index in [4.69, 9.17) is 21.1 Å². The number of nitro groups is 1. The Hall–Kier alpha value is -2.55. The average molecular weight is 395 g/mol. The summed E-state index contributed by atoms with van der Waals surface area (Å²) in [6, 6.07) is 7.79. The van der Waals surface area contributed by atoms with Crippen molar-refractivity contribution in [3.63, 3.8) is 0 Å². The van der Waals surface area contributed by atoms with E-state index in [2.05, 4.69) is 5.32 Å². The Morgan fingerprint density at radius 2 is 2.11 bits per heavy atom. The van der Waals surface area contributed by atoms with Gasteiger partial charge in [-0.25, -0.2) is 0 Å². The Labute approximate surface area is 160 Å². The highest BCUT2D eigenvalue weighted by molar-refractivity contribution is 6.30. The second kappa shape index (κ2) is 7.22. The molecule has 1 heterocycles. The lowest BCUT2D eigenvalue weighted by molar-refractivity contribution is -0.385. The maximum atomic E-state index is 11.2. The van der Waals surface area contributed by atoms with Crippen LogP contribution in [-0.2, 0) is 4.74 Å². The maximum absolute atomic E-state index is 11.2. The third-order valence-corrected chi connectivity index (χ3v) is 4.76. The molecule has 0 aliphatic carbocycles. The van der Waals surface area contributed by atoms with Gasteiger partial charge in [0.25, 0.3) is 5.69 Å². The van der Waals surface area contributed by atoms with Crippen LogP contribution in [0.25, 0.3) is 0 Å². The van der Waals surface area contributed by atoms with Gasteiger partial charge in [-0.15, -0.1) is 0 Å². The van der Waals surface area contributed by atoms with E-state index in [0.29, 0.717) is 16.3 Å². The van der Waals surface area contributed by atoms with Crippen LogP contribution in [0.4, 0.5) is 11.4 Å². The number of phenolic OH excluding ortho intramolecular Hbond substituents is 1. The number of phenols is 1. The molecule has 9 heteroatoms. The van der Waals surface area contributed by atoms with Crippen LogP contribution in [0.1, 0.15) is 18.5 Å². The highest BCUT2D eigenvalue weighted by Crippen LogP contribution is 2.44. The van der Waals surface area contributed by atoms with Crippen molar-refractivity contribution in [2.45, 2.75) is 24.7 Å². The molecule has 1 aliphatic heterocycles. The van der Waals surface area contributed by atoms with E-state index in [9.17, 15) is 20.3 Å². The quantitative estimate of drug-likeness (QED) is 0.405. The number of hydrogen-bond acceptors (Lipinski definition) is 7. The topological polar surface area (TPSA) is 114 Å². The number of aromatic hydroxyl groups is 1. The van der Waals surface area contributed by atoms with Gasteiger partial charge in [-0.3, -0.25) is 10.1 Å². The number of aliphatic hydroxyl groups is 1. The number of rotatable bonds is 5. The number of nitrogens with zero attached hydrogens (tertiary/aromatic N) is 1. The molecule has 1 aliphatic rings. The van der Waals surface area contributed by atoms with Gasteiger partial charge in [0.05, 0.1) is 23.3 Å². The summed E-state index contributed by atoms with van der Waals surface area (Å²) in [7, 11) is 1.48. The van der Waals surface area contributed by atoms with E-state index in [1.807, 2.05) is 0 Å². The van der Waals surface area contributed by atoms with Crippen molar-refractivity contribution in [1.29, 1.82) is 0 Å². The molecule has 27 heavy (non-hydrogen) atoms. The summed E-state index contributed by atoms with van der Waals surface area (Å²) in [5.74, 6) is 0.308. The van der Waals surface area contributed by atoms with Crippen LogP contribution in [0.2, 0.25) is 5.02 Å². The van der Waals surface area contributed by atoms with Crippen LogP contribution in [-0.4, -0.2) is 40.6 Å². The molecule has 0 amide bonds. The zero-order valence-corrected chi connectivity index (χ0v) is 15.4. The lowest BCUT2D eigenvalue weighted by Crippen LogP contribution is -2.55. The average Bonchev–Trinajstić information content (AvgIpc) is 2.61. The van der Waals surface area contributed by atoms with Crippen LogP contribution in [0.3, 0.4) is 0 Å². The number of non-ortho nitro benzene ring substituents is 1. The Morgan fingerprint density at radius 1 is 1.37 bits per heavy atom. The zero-order chi connectivity index (χ0) is 19.8. The van der Waals surface area contributed by atoms with Gasteiger partial charge in [0.1, 0.15) is 17.6 Å². The fourth-order valence-electron chi connectivity index (χ4n) is 3.17. The summed E-state index contributed by atoms with van der Waals surface area (Å²) < 4.78 is 11.1. The predicted molar refractivity (Wildman–Crippen MR) is 99.5 cm³/mol. The van der Waals surface area contributed by atoms with E-state index in [0.717, 1.165) is 0 Å². The fourth-order valence-corrected chi connectivity index (χ4v) is 3.34. The van der Waals surface area contributed by atoms with Crippen molar-refractivity contribution in [1.82, 2.24) is 0 Å². The number of benzene rings is 2. The maximum Gasteiger partial charge on any atom is 0.270 e. The summed E-state index contributed by atoms with van der Waals surface area (Å²) in [4.78, 5) is 10.6. The van der Waals surface area contributed by atoms with Gasteiger partial charge in [-0.2, -0.15) is 0 Å². The molecule has 0 aromatic heterocycles. The first-order chi connectivity index (χ1) is 12.7. The molecule has 0 saturated carbocycles. The number of fused-ring (bicyclic) bond motifs is 1. The van der Waals surface area contributed by atoms with Crippen LogP contribution in [0, 0.1) is 10.1 Å². The zero-order valence-electron chi connectivity index (χ0n) is 14.7. The molecular formula is C18H19ClN2O6. The number of ether oxygens (including phenoxy) is 2. The van der Waals surface area contributed by atoms with Crippen molar-refractivity contribution in [2.24, 2.45) is 0 Å². The molecule has 8 nitrogen and oxygen atoms in total. The molecule has 0 fully saturated rings. The number of hydrogen-bond donors (Lipinski definition) is 3. The van der Waals surface area contributed by atoms with Crippen LogP contribution < -0.4 is 10.1 Å². The first-order valence-electron chi connectivity index (χ1n) is 8.14. The monoisotopic (exact) mass is 394 g/mol. The van der Waals surface area contributed by atoms with E-state index < -0.39 is 22.7 Å². The molecule has 3 atom stereocenters. The first-order valence-corrected chi connectivity index (χ1v) is 8.52. The number of aliphatic hydroxyl groups excluding tert-OH is 1. The Morgan fingerprint density at radius 3 is 2.78 bits per heavy atom. The highest BCUT2D eigenvalue weighted by atomic mass is 35.5. The molecule has 2 aromatic carbocycles. The lowest BCUT2D eigenvalue weighted by Gasteiger charge is -2.44. The van der Waals surface area contributed by atoms with Gasteiger partial charge in [0, 0.05) is 29.8 Å². The molecule has 0 saturated heterocycles. The van der Waals surface area contributed by atoms with E-state index in [-0.39, 0.29) is 23.7 Å². The first kappa shape index (κ1) is 19.2. The predicted octanol–water partition coefficient (Wildman–Crippen LogP) is 3.27. The summed E-state index contributed by atoms with van der Waals surface area (Å²) in [5.41, 5.74) is -0.568. The number of anilines is 1. The van der Waals surface area contributed by atoms with Gasteiger partial charge in [-0.05, 0) is 31.2 Å². The van der Waals surface area contributed by atoms with Crippen molar-refractivity contribution >= 4 is 23.0 Å². The molecule has 0 radical (unpaired) electrons. The van der Waals surface area contributed by atoms with Crippen molar-refractivity contribution in [3.05, 3.63) is 57.1 Å². The minimum Gasteiger partial charge on any atom is -0.506 e. The standard InChI is InChI=1S/C18H19ClN2O6/c1-18(9-26-2)17(23)16(20-13-7-10(19)3-5-14(13)22)12-8-11(21(24)25)4-6-15(12)27-18/h3-8,16-17,20,22-23H,9H2,1-2H3/t16-,17+,18+/m0/s1. The lowest BCUT2D eigenvalue weighted by atomic mass is 9.85. The number of nitro benzene ring substituents is 1. The summed E-state index contributed by atoms with van der Waals surface area (Å²) >= 11 is 6.00. The SMILES string of the molecule is COC[C@@]1(C)Oc2ccc([N+](=O)[O-])cc2[C@H](Nc2cc(Cl)ccc2O)[C@H]1O.